The molecule has 0 aliphatic heterocycles. The largest absolute Gasteiger partial charge is 0.339 e. The second-order valence-electron chi connectivity index (χ2n) is 3.33. The lowest BCUT2D eigenvalue weighted by Crippen LogP contribution is -2.36. The molecule has 0 spiro atoms. The Balaban J connectivity index is 2.97. The average Bonchev–Trinajstić information content (AvgIpc) is 2.50. The highest BCUT2D eigenvalue weighted by atomic mass is 16.2. The van der Waals surface area contributed by atoms with Gasteiger partial charge in [0, 0.05) is 6.04 Å². The molecule has 0 aliphatic carbocycles. The lowest BCUT2D eigenvalue weighted by molar-refractivity contribution is 0.551. The lowest BCUT2D eigenvalue weighted by Gasteiger charge is -2.06. The topological polar surface area (TPSA) is 83.5 Å². The summed E-state index contributed by atoms with van der Waals surface area (Å²) in [5.41, 5.74) is -0.129. The van der Waals surface area contributed by atoms with Gasteiger partial charge in [-0.2, -0.15) is 0 Å². The first-order valence-electron chi connectivity index (χ1n) is 4.29. The van der Waals surface area contributed by atoms with Crippen LogP contribution in [0.25, 0.3) is 11.2 Å². The number of H-pyrrole nitrogens is 2. The Morgan fingerprint density at radius 1 is 1.43 bits per heavy atom. The van der Waals surface area contributed by atoms with Crippen LogP contribution in [0.2, 0.25) is 0 Å². The molecule has 2 aromatic heterocycles. The second-order valence-corrected chi connectivity index (χ2v) is 3.33. The smallest absolute Gasteiger partial charge is 0.330 e. The summed E-state index contributed by atoms with van der Waals surface area (Å²) in [5.74, 6) is 0. The highest BCUT2D eigenvalue weighted by molar-refractivity contribution is 5.67. The van der Waals surface area contributed by atoms with Gasteiger partial charge in [0.15, 0.2) is 5.65 Å². The molecular weight excluding hydrogens is 184 g/mol. The van der Waals surface area contributed by atoms with E-state index in [4.69, 9.17) is 0 Å². The van der Waals surface area contributed by atoms with Crippen LogP contribution in [0.3, 0.4) is 0 Å². The molecule has 2 rings (SSSR count). The van der Waals surface area contributed by atoms with Gasteiger partial charge in [-0.05, 0) is 13.8 Å². The summed E-state index contributed by atoms with van der Waals surface area (Å²) in [6.07, 6.45) is 1.38. The zero-order chi connectivity index (χ0) is 10.3. The number of hydrogen-bond acceptors (Lipinski definition) is 3. The second kappa shape index (κ2) is 2.83. The van der Waals surface area contributed by atoms with Crippen molar-refractivity contribution < 1.29 is 0 Å². The van der Waals surface area contributed by atoms with Crippen LogP contribution in [0.1, 0.15) is 19.9 Å². The van der Waals surface area contributed by atoms with Crippen molar-refractivity contribution in [2.24, 2.45) is 0 Å². The minimum atomic E-state index is -0.426. The first kappa shape index (κ1) is 8.74. The van der Waals surface area contributed by atoms with E-state index in [0.29, 0.717) is 11.2 Å². The number of rotatable bonds is 1. The Morgan fingerprint density at radius 2 is 2.14 bits per heavy atom. The third kappa shape index (κ3) is 1.07. The number of imidazole rings is 1. The lowest BCUT2D eigenvalue weighted by atomic mass is 10.4. The Bertz CT molecular complexity index is 575. The van der Waals surface area contributed by atoms with Gasteiger partial charge in [-0.25, -0.2) is 9.78 Å². The molecule has 2 heterocycles. The van der Waals surface area contributed by atoms with Crippen molar-refractivity contribution in [3.63, 3.8) is 0 Å². The van der Waals surface area contributed by atoms with Crippen molar-refractivity contribution in [3.8, 4) is 0 Å². The SMILES string of the molecule is CC(C)n1c(=O)[nH]c2nc[nH]c2c1=O. The predicted octanol–water partition coefficient (Wildman–Crippen LogP) is -0.00620. The maximum atomic E-state index is 11.7. The molecule has 2 N–H and O–H groups in total. The van der Waals surface area contributed by atoms with Crippen molar-refractivity contribution in [2.45, 2.75) is 19.9 Å². The van der Waals surface area contributed by atoms with E-state index in [0.717, 1.165) is 4.57 Å². The summed E-state index contributed by atoms with van der Waals surface area (Å²) in [4.78, 5) is 32.2. The summed E-state index contributed by atoms with van der Waals surface area (Å²) < 4.78 is 1.15. The predicted molar refractivity (Wildman–Crippen MR) is 51.4 cm³/mol. The monoisotopic (exact) mass is 194 g/mol. The molecule has 0 amide bonds. The molecule has 6 nitrogen and oxygen atoms in total. The Hall–Kier alpha value is -1.85. The maximum absolute atomic E-state index is 11.7. The van der Waals surface area contributed by atoms with Gasteiger partial charge < -0.3 is 4.98 Å². The van der Waals surface area contributed by atoms with Crippen LogP contribution in [0.4, 0.5) is 0 Å². The molecule has 0 bridgehead atoms. The Kier molecular flexibility index (Phi) is 1.77. The van der Waals surface area contributed by atoms with E-state index in [2.05, 4.69) is 15.0 Å². The summed E-state index contributed by atoms with van der Waals surface area (Å²) in [6.45, 7) is 3.55. The van der Waals surface area contributed by atoms with Gasteiger partial charge in [0.1, 0.15) is 5.52 Å². The molecule has 0 saturated heterocycles. The fourth-order valence-electron chi connectivity index (χ4n) is 1.40. The van der Waals surface area contributed by atoms with Crippen molar-refractivity contribution >= 4 is 11.2 Å². The maximum Gasteiger partial charge on any atom is 0.330 e. The minimum absolute atomic E-state index is 0.168. The highest BCUT2D eigenvalue weighted by Gasteiger charge is 2.10. The molecule has 0 aromatic carbocycles. The van der Waals surface area contributed by atoms with Crippen LogP contribution in [0.15, 0.2) is 15.9 Å². The van der Waals surface area contributed by atoms with E-state index < -0.39 is 5.69 Å². The van der Waals surface area contributed by atoms with Gasteiger partial charge in [0.2, 0.25) is 0 Å². The molecule has 74 valence electrons. The molecule has 0 unspecified atom stereocenters. The summed E-state index contributed by atoms with van der Waals surface area (Å²) in [7, 11) is 0. The molecule has 0 radical (unpaired) electrons. The molecular formula is C8H10N4O2. The van der Waals surface area contributed by atoms with E-state index in [1.165, 1.54) is 6.33 Å². The summed E-state index contributed by atoms with van der Waals surface area (Å²) >= 11 is 0. The van der Waals surface area contributed by atoms with Crippen LogP contribution in [0, 0.1) is 0 Å². The third-order valence-corrected chi connectivity index (χ3v) is 2.03. The first-order chi connectivity index (χ1) is 6.61. The van der Waals surface area contributed by atoms with Crippen molar-refractivity contribution in [1.82, 2.24) is 19.5 Å². The van der Waals surface area contributed by atoms with Crippen LogP contribution in [-0.2, 0) is 0 Å². The Morgan fingerprint density at radius 3 is 2.79 bits per heavy atom. The number of nitrogens with one attached hydrogen (secondary N) is 2. The van der Waals surface area contributed by atoms with Gasteiger partial charge in [-0.3, -0.25) is 14.3 Å². The van der Waals surface area contributed by atoms with E-state index >= 15 is 0 Å². The molecule has 0 atom stereocenters. The van der Waals surface area contributed by atoms with Crippen molar-refractivity contribution in [2.75, 3.05) is 0 Å². The quantitative estimate of drug-likeness (QED) is 0.669. The van der Waals surface area contributed by atoms with Gasteiger partial charge in [0.05, 0.1) is 6.33 Å². The summed E-state index contributed by atoms with van der Waals surface area (Å²) in [6, 6.07) is -0.168. The summed E-state index contributed by atoms with van der Waals surface area (Å²) in [5, 5.41) is 0. The molecule has 0 fully saturated rings. The van der Waals surface area contributed by atoms with Crippen molar-refractivity contribution in [1.29, 1.82) is 0 Å². The number of nitrogens with zero attached hydrogens (tertiary/aromatic N) is 2. The van der Waals surface area contributed by atoms with Gasteiger partial charge in [-0.15, -0.1) is 0 Å². The van der Waals surface area contributed by atoms with Crippen LogP contribution in [0.5, 0.6) is 0 Å². The molecule has 14 heavy (non-hydrogen) atoms. The van der Waals surface area contributed by atoms with Crippen molar-refractivity contribution in [3.05, 3.63) is 27.2 Å². The highest BCUT2D eigenvalue weighted by Crippen LogP contribution is 1.99. The van der Waals surface area contributed by atoms with E-state index in [1.807, 2.05) is 0 Å². The minimum Gasteiger partial charge on any atom is -0.339 e. The number of aromatic amines is 2. The van der Waals surface area contributed by atoms with Gasteiger partial charge >= 0.3 is 5.69 Å². The first-order valence-corrected chi connectivity index (χ1v) is 4.29. The number of aromatic nitrogens is 4. The van der Waals surface area contributed by atoms with Crippen LogP contribution in [-0.4, -0.2) is 19.5 Å². The number of fused-ring (bicyclic) bond motifs is 1. The third-order valence-electron chi connectivity index (χ3n) is 2.03. The fraction of sp³-hybridized carbons (Fsp3) is 0.375. The molecule has 0 aliphatic rings. The molecule has 2 aromatic rings. The standard InChI is InChI=1S/C8H10N4O2/c1-4(2)12-7(13)5-6(10-3-9-5)11-8(12)14/h3-4H,1-2H3,(H,9,10)(H,11,14). The number of hydrogen-bond donors (Lipinski definition) is 2. The van der Waals surface area contributed by atoms with E-state index in [-0.39, 0.29) is 11.6 Å². The van der Waals surface area contributed by atoms with Gasteiger partial charge in [-0.1, -0.05) is 0 Å². The zero-order valence-electron chi connectivity index (χ0n) is 7.87. The van der Waals surface area contributed by atoms with E-state index in [1.54, 1.807) is 13.8 Å². The Labute approximate surface area is 78.6 Å². The average molecular weight is 194 g/mol. The van der Waals surface area contributed by atoms with E-state index in [9.17, 15) is 9.59 Å². The molecule has 6 heteroatoms. The normalized spacial score (nSPS) is 11.4. The van der Waals surface area contributed by atoms with Crippen LogP contribution >= 0.6 is 0 Å². The zero-order valence-corrected chi connectivity index (χ0v) is 7.87. The fourth-order valence-corrected chi connectivity index (χ4v) is 1.40. The van der Waals surface area contributed by atoms with Gasteiger partial charge in [0.25, 0.3) is 5.56 Å². The molecule has 0 saturated carbocycles. The van der Waals surface area contributed by atoms with Crippen LogP contribution < -0.4 is 11.2 Å².